The van der Waals surface area contributed by atoms with Gasteiger partial charge in [-0.15, -0.1) is 0 Å². The van der Waals surface area contributed by atoms with Crippen molar-refractivity contribution in [2.24, 2.45) is 4.99 Å². The van der Waals surface area contributed by atoms with E-state index in [1.54, 1.807) is 12.1 Å². The van der Waals surface area contributed by atoms with E-state index in [1.807, 2.05) is 30.3 Å². The van der Waals surface area contributed by atoms with Crippen LogP contribution in [-0.4, -0.2) is 16.9 Å². The Morgan fingerprint density at radius 1 is 1.18 bits per heavy atom. The lowest BCUT2D eigenvalue weighted by atomic mass is 9.92. The Morgan fingerprint density at radius 3 is 2.68 bits per heavy atom. The first kappa shape index (κ1) is 15.4. The molecule has 1 aliphatic heterocycles. The summed E-state index contributed by atoms with van der Waals surface area (Å²) in [6.45, 7) is 0. The molecule has 0 spiro atoms. The van der Waals surface area contributed by atoms with E-state index < -0.39 is 6.10 Å². The Kier molecular flexibility index (Phi) is 4.69. The molecular formula is C18H17BrFNO. The molecule has 0 radical (unpaired) electrons. The number of nitrogens with zero attached hydrogens (tertiary/aromatic N) is 1. The van der Waals surface area contributed by atoms with Crippen LogP contribution in [0.4, 0.5) is 4.39 Å². The summed E-state index contributed by atoms with van der Waals surface area (Å²) in [5, 5.41) is 10.6. The fourth-order valence-corrected chi connectivity index (χ4v) is 3.20. The van der Waals surface area contributed by atoms with E-state index in [1.165, 1.54) is 6.07 Å². The van der Waals surface area contributed by atoms with E-state index in [0.717, 1.165) is 30.5 Å². The molecule has 114 valence electrons. The summed E-state index contributed by atoms with van der Waals surface area (Å²) >= 11 is 3.17. The largest absolute Gasteiger partial charge is 0.386 e. The van der Waals surface area contributed by atoms with Crippen LogP contribution in [0.5, 0.6) is 0 Å². The molecule has 1 N–H and O–H groups in total. The Hall–Kier alpha value is -1.52. The highest BCUT2D eigenvalue weighted by Gasteiger charge is 2.24. The van der Waals surface area contributed by atoms with E-state index in [-0.39, 0.29) is 11.9 Å². The predicted molar refractivity (Wildman–Crippen MR) is 89.7 cm³/mol. The summed E-state index contributed by atoms with van der Waals surface area (Å²) < 4.78 is 13.7. The zero-order valence-electron chi connectivity index (χ0n) is 12.0. The van der Waals surface area contributed by atoms with Gasteiger partial charge >= 0.3 is 0 Å². The highest BCUT2D eigenvalue weighted by molar-refractivity contribution is 9.10. The van der Waals surface area contributed by atoms with Crippen molar-refractivity contribution in [2.45, 2.75) is 31.4 Å². The van der Waals surface area contributed by atoms with Crippen molar-refractivity contribution in [1.82, 2.24) is 0 Å². The molecule has 2 aromatic rings. The van der Waals surface area contributed by atoms with Crippen molar-refractivity contribution in [3.05, 3.63) is 69.9 Å². The van der Waals surface area contributed by atoms with Crippen molar-refractivity contribution in [3.8, 4) is 0 Å². The van der Waals surface area contributed by atoms with Gasteiger partial charge in [-0.2, -0.15) is 0 Å². The molecule has 3 rings (SSSR count). The van der Waals surface area contributed by atoms with Gasteiger partial charge in [0.15, 0.2) is 0 Å². The van der Waals surface area contributed by atoms with Crippen LogP contribution in [0.1, 0.15) is 36.5 Å². The van der Waals surface area contributed by atoms with Gasteiger partial charge in [-0.1, -0.05) is 36.4 Å². The summed E-state index contributed by atoms with van der Waals surface area (Å²) in [6.07, 6.45) is 2.06. The van der Waals surface area contributed by atoms with E-state index >= 15 is 0 Å². The van der Waals surface area contributed by atoms with E-state index in [2.05, 4.69) is 15.9 Å². The van der Waals surface area contributed by atoms with Gasteiger partial charge in [0, 0.05) is 5.71 Å². The first-order chi connectivity index (χ1) is 10.6. The van der Waals surface area contributed by atoms with Crippen molar-refractivity contribution < 1.29 is 9.50 Å². The molecule has 1 aliphatic rings. The number of hydrogen-bond acceptors (Lipinski definition) is 2. The van der Waals surface area contributed by atoms with Crippen molar-refractivity contribution in [2.75, 3.05) is 0 Å². The fourth-order valence-electron chi connectivity index (χ4n) is 2.80. The minimum absolute atomic E-state index is 0.179. The van der Waals surface area contributed by atoms with Crippen LogP contribution in [-0.2, 0) is 0 Å². The average Bonchev–Trinajstić information content (AvgIpc) is 2.57. The third kappa shape index (κ3) is 3.28. The van der Waals surface area contributed by atoms with Crippen LogP contribution in [0.2, 0.25) is 0 Å². The lowest BCUT2D eigenvalue weighted by molar-refractivity contribution is 0.140. The van der Waals surface area contributed by atoms with Crippen LogP contribution >= 0.6 is 15.9 Å². The number of aliphatic hydroxyl groups excluding tert-OH is 1. The molecule has 1 heterocycles. The normalized spacial score (nSPS) is 19.6. The highest BCUT2D eigenvalue weighted by atomic mass is 79.9. The molecule has 0 saturated heterocycles. The van der Waals surface area contributed by atoms with Gasteiger partial charge in [0.1, 0.15) is 11.9 Å². The molecule has 2 nitrogen and oxygen atoms in total. The van der Waals surface area contributed by atoms with Crippen molar-refractivity contribution in [1.29, 1.82) is 0 Å². The van der Waals surface area contributed by atoms with Gasteiger partial charge in [0.25, 0.3) is 0 Å². The lowest BCUT2D eigenvalue weighted by Gasteiger charge is -2.25. The topological polar surface area (TPSA) is 32.6 Å². The predicted octanol–water partition coefficient (Wildman–Crippen LogP) is 4.66. The third-order valence-electron chi connectivity index (χ3n) is 3.99. The van der Waals surface area contributed by atoms with Gasteiger partial charge in [-0.25, -0.2) is 4.39 Å². The fraction of sp³-hybridized carbons (Fsp3) is 0.278. The van der Waals surface area contributed by atoms with Gasteiger partial charge in [-0.3, -0.25) is 4.99 Å². The van der Waals surface area contributed by atoms with E-state index in [0.29, 0.717) is 10.0 Å². The number of halogens is 2. The smallest absolute Gasteiger partial charge is 0.137 e. The first-order valence-electron chi connectivity index (χ1n) is 7.40. The molecule has 22 heavy (non-hydrogen) atoms. The molecular weight excluding hydrogens is 345 g/mol. The zero-order chi connectivity index (χ0) is 15.5. The number of aliphatic hydroxyl groups is 1. The Morgan fingerprint density at radius 2 is 1.95 bits per heavy atom. The first-order valence-corrected chi connectivity index (χ1v) is 8.19. The molecule has 2 aromatic carbocycles. The molecule has 0 aliphatic carbocycles. The lowest BCUT2D eigenvalue weighted by Crippen LogP contribution is -2.23. The number of benzene rings is 2. The molecule has 0 fully saturated rings. The maximum absolute atomic E-state index is 13.3. The van der Waals surface area contributed by atoms with E-state index in [9.17, 15) is 9.50 Å². The quantitative estimate of drug-likeness (QED) is 0.846. The Labute approximate surface area is 137 Å². The second kappa shape index (κ2) is 6.71. The summed E-state index contributed by atoms with van der Waals surface area (Å²) in [5.41, 5.74) is 2.84. The van der Waals surface area contributed by atoms with Gasteiger partial charge in [-0.05, 0) is 58.5 Å². The minimum atomic E-state index is -0.712. The number of aliphatic imine (C=N–C) groups is 1. The standard InChI is InChI=1S/C18H17BrFNO/c19-14-11-13(9-10-15(14)20)18(22)17-8-4-7-16(21-17)12-5-2-1-3-6-12/h1-3,5-6,9-11,17-18,22H,4,7-8H2. The molecule has 4 heteroatoms. The van der Waals surface area contributed by atoms with Crippen LogP contribution in [0.25, 0.3) is 0 Å². The monoisotopic (exact) mass is 361 g/mol. The second-order valence-electron chi connectivity index (χ2n) is 5.52. The summed E-state index contributed by atoms with van der Waals surface area (Å²) in [4.78, 5) is 4.74. The van der Waals surface area contributed by atoms with Gasteiger partial charge in [0.2, 0.25) is 0 Å². The average molecular weight is 362 g/mol. The number of rotatable bonds is 3. The SMILES string of the molecule is OC(c1ccc(F)c(Br)c1)C1CCCC(c2ccccc2)=N1. The van der Waals surface area contributed by atoms with Crippen LogP contribution in [0.15, 0.2) is 58.0 Å². The Balaban J connectivity index is 1.86. The van der Waals surface area contributed by atoms with Crippen LogP contribution < -0.4 is 0 Å². The zero-order valence-corrected chi connectivity index (χ0v) is 13.6. The second-order valence-corrected chi connectivity index (χ2v) is 6.37. The Bertz CT molecular complexity index is 687. The third-order valence-corrected chi connectivity index (χ3v) is 4.60. The molecule has 0 saturated carbocycles. The summed E-state index contributed by atoms with van der Waals surface area (Å²) in [7, 11) is 0. The molecule has 2 atom stereocenters. The number of hydrogen-bond donors (Lipinski definition) is 1. The van der Waals surface area contributed by atoms with Gasteiger partial charge < -0.3 is 5.11 Å². The maximum atomic E-state index is 13.3. The molecule has 0 bridgehead atoms. The molecule has 0 amide bonds. The van der Waals surface area contributed by atoms with Crippen LogP contribution in [0.3, 0.4) is 0 Å². The van der Waals surface area contributed by atoms with Crippen molar-refractivity contribution in [3.63, 3.8) is 0 Å². The van der Waals surface area contributed by atoms with Crippen molar-refractivity contribution >= 4 is 21.6 Å². The van der Waals surface area contributed by atoms with E-state index in [4.69, 9.17) is 4.99 Å². The maximum Gasteiger partial charge on any atom is 0.137 e. The van der Waals surface area contributed by atoms with Gasteiger partial charge in [0.05, 0.1) is 10.5 Å². The minimum Gasteiger partial charge on any atom is -0.386 e. The highest BCUT2D eigenvalue weighted by Crippen LogP contribution is 2.30. The van der Waals surface area contributed by atoms with Crippen LogP contribution in [0, 0.1) is 5.82 Å². The molecule has 2 unspecified atom stereocenters. The summed E-state index contributed by atoms with van der Waals surface area (Å²) in [5.74, 6) is -0.326. The molecule has 0 aromatic heterocycles. The summed E-state index contributed by atoms with van der Waals surface area (Å²) in [6, 6.07) is 14.5.